The first-order valence-corrected chi connectivity index (χ1v) is 8.01. The zero-order chi connectivity index (χ0) is 15.7. The van der Waals surface area contributed by atoms with Gasteiger partial charge in [-0.3, -0.25) is 0 Å². The lowest BCUT2D eigenvalue weighted by Gasteiger charge is -2.38. The van der Waals surface area contributed by atoms with E-state index in [0.717, 1.165) is 18.7 Å². The van der Waals surface area contributed by atoms with E-state index in [2.05, 4.69) is 75.5 Å². The summed E-state index contributed by atoms with van der Waals surface area (Å²) in [5.41, 5.74) is 5.01. The summed E-state index contributed by atoms with van der Waals surface area (Å²) in [5.74, 6) is 1.03. The molecule has 2 aromatic rings. The number of aryl methyl sites for hydroxylation is 2. The molecular formula is C20H25NO. The van der Waals surface area contributed by atoms with Gasteiger partial charge in [-0.2, -0.15) is 0 Å². The van der Waals surface area contributed by atoms with Crippen LogP contribution in [0.15, 0.2) is 42.5 Å². The van der Waals surface area contributed by atoms with E-state index >= 15 is 0 Å². The lowest BCUT2D eigenvalue weighted by molar-refractivity contribution is 0.0656. The third-order valence-electron chi connectivity index (χ3n) is 4.30. The van der Waals surface area contributed by atoms with E-state index in [1.165, 1.54) is 22.3 Å². The van der Waals surface area contributed by atoms with Crippen LogP contribution in [0.3, 0.4) is 0 Å². The second-order valence-electron chi connectivity index (χ2n) is 7.03. The smallest absolute Gasteiger partial charge is 0.125 e. The number of benzene rings is 2. The van der Waals surface area contributed by atoms with Crippen molar-refractivity contribution in [1.29, 1.82) is 0 Å². The van der Waals surface area contributed by atoms with Gasteiger partial charge in [0, 0.05) is 24.6 Å². The van der Waals surface area contributed by atoms with Crippen molar-refractivity contribution in [3.63, 3.8) is 0 Å². The number of hydrogen-bond acceptors (Lipinski definition) is 2. The quantitative estimate of drug-likeness (QED) is 0.886. The highest BCUT2D eigenvalue weighted by atomic mass is 16.5. The summed E-state index contributed by atoms with van der Waals surface area (Å²) in [6.07, 6.45) is 0.981. The molecule has 0 fully saturated rings. The predicted molar refractivity (Wildman–Crippen MR) is 91.3 cm³/mol. The number of hydrogen-bond donors (Lipinski definition) is 1. The highest BCUT2D eigenvalue weighted by molar-refractivity contribution is 5.41. The van der Waals surface area contributed by atoms with E-state index in [-0.39, 0.29) is 5.60 Å². The summed E-state index contributed by atoms with van der Waals surface area (Å²) in [4.78, 5) is 0. The summed E-state index contributed by atoms with van der Waals surface area (Å²) in [7, 11) is 0. The van der Waals surface area contributed by atoms with E-state index in [9.17, 15) is 0 Å². The normalized spacial score (nSPS) is 19.4. The molecule has 1 N–H and O–H groups in total. The van der Waals surface area contributed by atoms with Crippen LogP contribution < -0.4 is 10.1 Å². The second kappa shape index (κ2) is 5.77. The molecule has 0 aromatic heterocycles. The van der Waals surface area contributed by atoms with Gasteiger partial charge in [0.1, 0.15) is 11.4 Å². The molecule has 0 saturated carbocycles. The van der Waals surface area contributed by atoms with Crippen LogP contribution in [0.5, 0.6) is 5.75 Å². The van der Waals surface area contributed by atoms with Crippen molar-refractivity contribution >= 4 is 0 Å². The molecule has 0 radical (unpaired) electrons. The molecule has 3 rings (SSSR count). The van der Waals surface area contributed by atoms with Crippen LogP contribution in [-0.4, -0.2) is 5.60 Å². The lowest BCUT2D eigenvalue weighted by Crippen LogP contribution is -2.39. The third kappa shape index (κ3) is 3.33. The topological polar surface area (TPSA) is 21.3 Å². The molecule has 0 aliphatic carbocycles. The molecule has 116 valence electrons. The van der Waals surface area contributed by atoms with E-state index in [0.29, 0.717) is 6.04 Å². The Hall–Kier alpha value is -1.80. The Kier molecular flexibility index (Phi) is 3.96. The minimum Gasteiger partial charge on any atom is -0.487 e. The van der Waals surface area contributed by atoms with Gasteiger partial charge in [0.2, 0.25) is 0 Å². The maximum atomic E-state index is 6.16. The highest BCUT2D eigenvalue weighted by Gasteiger charge is 2.33. The molecule has 2 heteroatoms. The maximum absolute atomic E-state index is 6.16. The monoisotopic (exact) mass is 295 g/mol. The Morgan fingerprint density at radius 3 is 2.45 bits per heavy atom. The number of fused-ring (bicyclic) bond motifs is 1. The predicted octanol–water partition coefficient (Wildman–Crippen LogP) is 4.70. The van der Waals surface area contributed by atoms with E-state index in [1.54, 1.807) is 0 Å². The van der Waals surface area contributed by atoms with Crippen LogP contribution in [0, 0.1) is 13.8 Å². The summed E-state index contributed by atoms with van der Waals surface area (Å²) in [6.45, 7) is 9.45. The summed E-state index contributed by atoms with van der Waals surface area (Å²) in [6, 6.07) is 15.6. The van der Waals surface area contributed by atoms with Crippen LogP contribution in [-0.2, 0) is 6.54 Å². The van der Waals surface area contributed by atoms with Gasteiger partial charge < -0.3 is 10.1 Å². The van der Waals surface area contributed by atoms with Crippen LogP contribution in [0.1, 0.15) is 48.6 Å². The van der Waals surface area contributed by atoms with Gasteiger partial charge in [-0.1, -0.05) is 42.0 Å². The minimum absolute atomic E-state index is 0.133. The molecule has 0 saturated heterocycles. The zero-order valence-corrected chi connectivity index (χ0v) is 13.9. The van der Waals surface area contributed by atoms with Crippen molar-refractivity contribution in [2.45, 2.75) is 52.3 Å². The Bertz CT molecular complexity index is 658. The average Bonchev–Trinajstić information content (AvgIpc) is 2.44. The van der Waals surface area contributed by atoms with Gasteiger partial charge in [-0.25, -0.2) is 0 Å². The molecule has 1 aliphatic rings. The van der Waals surface area contributed by atoms with Crippen LogP contribution in [0.4, 0.5) is 0 Å². The van der Waals surface area contributed by atoms with Gasteiger partial charge in [-0.05, 0) is 44.9 Å². The van der Waals surface area contributed by atoms with E-state index < -0.39 is 0 Å². The SMILES string of the molecule is Cc1ccc(CNC2CC(C)(C)Oc3cc(C)ccc32)cc1. The Morgan fingerprint density at radius 2 is 1.73 bits per heavy atom. The molecular weight excluding hydrogens is 270 g/mol. The molecule has 0 amide bonds. The average molecular weight is 295 g/mol. The number of nitrogens with one attached hydrogen (secondary N) is 1. The highest BCUT2D eigenvalue weighted by Crippen LogP contribution is 2.39. The van der Waals surface area contributed by atoms with Crippen LogP contribution in [0.25, 0.3) is 0 Å². The van der Waals surface area contributed by atoms with Crippen molar-refractivity contribution in [1.82, 2.24) is 5.32 Å². The van der Waals surface area contributed by atoms with Crippen molar-refractivity contribution in [3.8, 4) is 5.75 Å². The molecule has 0 spiro atoms. The molecule has 0 bridgehead atoms. The molecule has 1 aliphatic heterocycles. The first-order chi connectivity index (χ1) is 10.4. The van der Waals surface area contributed by atoms with Crippen molar-refractivity contribution < 1.29 is 4.74 Å². The standard InChI is InChI=1S/C20H25NO/c1-14-5-8-16(9-6-14)13-21-18-12-20(3,4)22-19-11-15(2)7-10-17(18)19/h5-11,18,21H,12-13H2,1-4H3. The fourth-order valence-corrected chi connectivity index (χ4v) is 3.09. The number of ether oxygens (including phenoxy) is 1. The molecule has 1 unspecified atom stereocenters. The fourth-order valence-electron chi connectivity index (χ4n) is 3.09. The molecule has 1 heterocycles. The molecule has 1 atom stereocenters. The first kappa shape index (κ1) is 15.1. The lowest BCUT2D eigenvalue weighted by atomic mass is 9.89. The van der Waals surface area contributed by atoms with Gasteiger partial charge >= 0.3 is 0 Å². The van der Waals surface area contributed by atoms with Gasteiger partial charge in [0.05, 0.1) is 0 Å². The summed E-state index contributed by atoms with van der Waals surface area (Å²) >= 11 is 0. The molecule has 22 heavy (non-hydrogen) atoms. The van der Waals surface area contributed by atoms with Gasteiger partial charge in [0.25, 0.3) is 0 Å². The van der Waals surface area contributed by atoms with Gasteiger partial charge in [0.15, 0.2) is 0 Å². The fraction of sp³-hybridized carbons (Fsp3) is 0.400. The zero-order valence-electron chi connectivity index (χ0n) is 13.9. The largest absolute Gasteiger partial charge is 0.487 e. The summed E-state index contributed by atoms with van der Waals surface area (Å²) in [5, 5.41) is 3.71. The van der Waals surface area contributed by atoms with Crippen molar-refractivity contribution in [2.24, 2.45) is 0 Å². The van der Waals surface area contributed by atoms with Crippen LogP contribution >= 0.6 is 0 Å². The van der Waals surface area contributed by atoms with E-state index in [1.807, 2.05) is 0 Å². The number of rotatable bonds is 3. The Morgan fingerprint density at radius 1 is 1.05 bits per heavy atom. The molecule has 2 nitrogen and oxygen atoms in total. The van der Waals surface area contributed by atoms with Crippen molar-refractivity contribution in [3.05, 3.63) is 64.7 Å². The second-order valence-corrected chi connectivity index (χ2v) is 7.03. The maximum Gasteiger partial charge on any atom is 0.125 e. The minimum atomic E-state index is -0.133. The Labute approximate surface area is 133 Å². The first-order valence-electron chi connectivity index (χ1n) is 8.01. The van der Waals surface area contributed by atoms with E-state index in [4.69, 9.17) is 4.74 Å². The molecule has 2 aromatic carbocycles. The third-order valence-corrected chi connectivity index (χ3v) is 4.30. The van der Waals surface area contributed by atoms with Gasteiger partial charge in [-0.15, -0.1) is 0 Å². The van der Waals surface area contributed by atoms with Crippen LogP contribution in [0.2, 0.25) is 0 Å². The Balaban J connectivity index is 1.79. The van der Waals surface area contributed by atoms with Crippen molar-refractivity contribution in [2.75, 3.05) is 0 Å². The summed E-state index contributed by atoms with van der Waals surface area (Å²) < 4.78 is 6.16.